The summed E-state index contributed by atoms with van der Waals surface area (Å²) in [5, 5.41) is 11.1. The molecule has 28 heavy (non-hydrogen) atoms. The van der Waals surface area contributed by atoms with Gasteiger partial charge in [-0.15, -0.1) is 0 Å². The summed E-state index contributed by atoms with van der Waals surface area (Å²) >= 11 is 12.2. The van der Waals surface area contributed by atoms with Crippen LogP contribution in [0.4, 0.5) is 11.5 Å². The van der Waals surface area contributed by atoms with Gasteiger partial charge in [0.25, 0.3) is 5.91 Å². The van der Waals surface area contributed by atoms with Crippen molar-refractivity contribution in [2.24, 2.45) is 0 Å². The molecule has 6 nitrogen and oxygen atoms in total. The number of nitrogens with zero attached hydrogens (tertiary/aromatic N) is 2. The molecular weight excluding hydrogens is 399 g/mol. The monoisotopic (exact) mass is 414 g/mol. The van der Waals surface area contributed by atoms with Crippen LogP contribution in [-0.4, -0.2) is 21.6 Å². The molecule has 0 saturated heterocycles. The van der Waals surface area contributed by atoms with Crippen molar-refractivity contribution in [2.75, 3.05) is 10.6 Å². The predicted molar refractivity (Wildman–Crippen MR) is 110 cm³/mol. The van der Waals surface area contributed by atoms with Crippen LogP contribution in [0.5, 0.6) is 0 Å². The Morgan fingerprint density at radius 2 is 2.07 bits per heavy atom. The van der Waals surface area contributed by atoms with E-state index in [0.717, 1.165) is 16.7 Å². The SMILES string of the molecule is Cc1ccc(NC(=O)CC2C(=O)Nc3c(-c4cccc(Cl)c4)cnn32)cc1Cl. The summed E-state index contributed by atoms with van der Waals surface area (Å²) in [5.74, 6) is -0.0142. The number of fused-ring (bicyclic) bond motifs is 1. The average Bonchev–Trinajstić information content (AvgIpc) is 3.18. The Morgan fingerprint density at radius 3 is 2.82 bits per heavy atom. The number of hydrogen-bond acceptors (Lipinski definition) is 3. The molecule has 0 aliphatic carbocycles. The zero-order valence-electron chi connectivity index (χ0n) is 14.9. The van der Waals surface area contributed by atoms with Gasteiger partial charge in [-0.2, -0.15) is 5.10 Å². The molecule has 0 bridgehead atoms. The third-order valence-corrected chi connectivity index (χ3v) is 5.25. The number of anilines is 2. The van der Waals surface area contributed by atoms with E-state index in [1.807, 2.05) is 25.1 Å². The number of aromatic nitrogens is 2. The minimum Gasteiger partial charge on any atom is -0.326 e. The molecule has 0 spiro atoms. The van der Waals surface area contributed by atoms with Crippen LogP contribution in [0.25, 0.3) is 11.1 Å². The van der Waals surface area contributed by atoms with Crippen molar-refractivity contribution < 1.29 is 9.59 Å². The zero-order valence-corrected chi connectivity index (χ0v) is 16.4. The Morgan fingerprint density at radius 1 is 1.25 bits per heavy atom. The van der Waals surface area contributed by atoms with Crippen LogP contribution < -0.4 is 10.6 Å². The number of carbonyl (C=O) groups is 2. The topological polar surface area (TPSA) is 76.0 Å². The molecule has 0 saturated carbocycles. The van der Waals surface area contributed by atoms with Crippen molar-refractivity contribution in [3.05, 3.63) is 64.3 Å². The van der Waals surface area contributed by atoms with Crippen LogP contribution in [-0.2, 0) is 9.59 Å². The Kier molecular flexibility index (Phi) is 4.83. The van der Waals surface area contributed by atoms with Crippen molar-refractivity contribution in [1.29, 1.82) is 0 Å². The highest BCUT2D eigenvalue weighted by Crippen LogP contribution is 2.36. The van der Waals surface area contributed by atoms with Crippen molar-refractivity contribution in [1.82, 2.24) is 9.78 Å². The van der Waals surface area contributed by atoms with Crippen LogP contribution in [0.2, 0.25) is 10.0 Å². The lowest BCUT2D eigenvalue weighted by atomic mass is 10.1. The predicted octanol–water partition coefficient (Wildman–Crippen LogP) is 4.69. The summed E-state index contributed by atoms with van der Waals surface area (Å²) in [6.45, 7) is 1.88. The number of benzene rings is 2. The Labute approximate surface area is 171 Å². The van der Waals surface area contributed by atoms with E-state index in [1.165, 1.54) is 0 Å². The molecule has 3 aromatic rings. The molecule has 0 fully saturated rings. The molecule has 142 valence electrons. The first-order chi connectivity index (χ1) is 13.4. The van der Waals surface area contributed by atoms with Gasteiger partial charge in [0.2, 0.25) is 5.91 Å². The Bertz CT molecular complexity index is 1090. The number of amides is 2. The summed E-state index contributed by atoms with van der Waals surface area (Å²) in [7, 11) is 0. The molecule has 0 radical (unpaired) electrons. The zero-order chi connectivity index (χ0) is 19.8. The third kappa shape index (κ3) is 3.48. The van der Waals surface area contributed by atoms with E-state index in [9.17, 15) is 9.59 Å². The van der Waals surface area contributed by atoms with E-state index in [4.69, 9.17) is 23.2 Å². The lowest BCUT2D eigenvalue weighted by Gasteiger charge is -2.10. The maximum absolute atomic E-state index is 12.4. The highest BCUT2D eigenvalue weighted by Gasteiger charge is 2.35. The van der Waals surface area contributed by atoms with Gasteiger partial charge in [-0.25, -0.2) is 4.68 Å². The van der Waals surface area contributed by atoms with E-state index >= 15 is 0 Å². The molecule has 1 aromatic heterocycles. The van der Waals surface area contributed by atoms with Gasteiger partial charge in [-0.1, -0.05) is 41.4 Å². The third-order valence-electron chi connectivity index (χ3n) is 4.60. The first kappa shape index (κ1) is 18.5. The smallest absolute Gasteiger partial charge is 0.251 e. The van der Waals surface area contributed by atoms with Crippen molar-refractivity contribution in [2.45, 2.75) is 19.4 Å². The maximum atomic E-state index is 12.4. The van der Waals surface area contributed by atoms with Gasteiger partial charge in [-0.05, 0) is 42.3 Å². The van der Waals surface area contributed by atoms with Gasteiger partial charge in [0, 0.05) is 21.3 Å². The van der Waals surface area contributed by atoms with E-state index < -0.39 is 6.04 Å². The molecule has 2 aromatic carbocycles. The Balaban J connectivity index is 1.53. The number of rotatable bonds is 4. The average molecular weight is 415 g/mol. The van der Waals surface area contributed by atoms with Crippen molar-refractivity contribution in [3.8, 4) is 11.1 Å². The van der Waals surface area contributed by atoms with Crippen LogP contribution in [0.15, 0.2) is 48.7 Å². The summed E-state index contributed by atoms with van der Waals surface area (Å²) in [5.41, 5.74) is 3.10. The number of nitrogens with one attached hydrogen (secondary N) is 2. The van der Waals surface area contributed by atoms with Crippen LogP contribution in [0, 0.1) is 6.92 Å². The van der Waals surface area contributed by atoms with E-state index in [1.54, 1.807) is 35.1 Å². The highest BCUT2D eigenvalue weighted by molar-refractivity contribution is 6.31. The lowest BCUT2D eigenvalue weighted by Crippen LogP contribution is -2.23. The standard InChI is InChI=1S/C20H16Cl2N4O2/c1-11-5-6-14(8-16(11)22)24-18(27)9-17-20(28)25-19-15(10-23-26(17)19)12-3-2-4-13(21)7-12/h2-8,10,17H,9H2,1H3,(H,24,27)(H,25,28). The van der Waals surface area contributed by atoms with Crippen LogP contribution in [0.1, 0.15) is 18.0 Å². The summed E-state index contributed by atoms with van der Waals surface area (Å²) < 4.78 is 1.54. The lowest BCUT2D eigenvalue weighted by molar-refractivity contribution is -0.123. The minimum absolute atomic E-state index is 0.0407. The normalized spacial score (nSPS) is 15.2. The number of aryl methyl sites for hydroxylation is 1. The van der Waals surface area contributed by atoms with Gasteiger partial charge < -0.3 is 10.6 Å². The Hall–Kier alpha value is -2.83. The second kappa shape index (κ2) is 7.30. The number of hydrogen-bond donors (Lipinski definition) is 2. The fourth-order valence-corrected chi connectivity index (χ4v) is 3.51. The molecule has 1 atom stereocenters. The minimum atomic E-state index is -0.719. The molecular formula is C20H16Cl2N4O2. The van der Waals surface area contributed by atoms with Crippen LogP contribution >= 0.6 is 23.2 Å². The summed E-state index contributed by atoms with van der Waals surface area (Å²) in [6.07, 6.45) is 1.62. The second-order valence-corrected chi connectivity index (χ2v) is 7.43. The van der Waals surface area contributed by atoms with E-state index in [2.05, 4.69) is 15.7 Å². The molecule has 8 heteroatoms. The largest absolute Gasteiger partial charge is 0.326 e. The molecule has 4 rings (SSSR count). The van der Waals surface area contributed by atoms with Gasteiger partial charge in [0.15, 0.2) is 0 Å². The summed E-state index contributed by atoms with van der Waals surface area (Å²) in [6, 6.07) is 11.8. The molecule has 2 N–H and O–H groups in total. The first-order valence-electron chi connectivity index (χ1n) is 8.62. The van der Waals surface area contributed by atoms with Gasteiger partial charge in [-0.3, -0.25) is 9.59 Å². The van der Waals surface area contributed by atoms with E-state index in [-0.39, 0.29) is 18.2 Å². The maximum Gasteiger partial charge on any atom is 0.251 e. The van der Waals surface area contributed by atoms with Gasteiger partial charge in [0.1, 0.15) is 11.9 Å². The first-order valence-corrected chi connectivity index (χ1v) is 9.38. The molecule has 1 unspecified atom stereocenters. The van der Waals surface area contributed by atoms with E-state index in [0.29, 0.717) is 21.6 Å². The van der Waals surface area contributed by atoms with Gasteiger partial charge in [0.05, 0.1) is 12.6 Å². The molecule has 1 aliphatic rings. The summed E-state index contributed by atoms with van der Waals surface area (Å²) in [4.78, 5) is 24.9. The van der Waals surface area contributed by atoms with Gasteiger partial charge >= 0.3 is 0 Å². The van der Waals surface area contributed by atoms with Crippen molar-refractivity contribution >= 4 is 46.5 Å². The van der Waals surface area contributed by atoms with Crippen LogP contribution in [0.3, 0.4) is 0 Å². The molecule has 2 heterocycles. The molecule has 2 amide bonds. The second-order valence-electron chi connectivity index (χ2n) is 6.58. The fourth-order valence-electron chi connectivity index (χ4n) is 3.14. The number of carbonyl (C=O) groups excluding carboxylic acids is 2. The highest BCUT2D eigenvalue weighted by atomic mass is 35.5. The fraction of sp³-hybridized carbons (Fsp3) is 0.150. The molecule has 1 aliphatic heterocycles. The number of halogens is 2. The van der Waals surface area contributed by atoms with Crippen molar-refractivity contribution in [3.63, 3.8) is 0 Å². The quantitative estimate of drug-likeness (QED) is 0.649.